The number of benzene rings is 1. The van der Waals surface area contributed by atoms with Crippen molar-refractivity contribution < 1.29 is 22.3 Å². The van der Waals surface area contributed by atoms with Gasteiger partial charge in [0.05, 0.1) is 11.5 Å². The van der Waals surface area contributed by atoms with Gasteiger partial charge in [0.15, 0.2) is 0 Å². The third kappa shape index (κ3) is 3.41. The molecule has 0 bridgehead atoms. The zero-order valence-corrected chi connectivity index (χ0v) is 12.6. The minimum atomic E-state index is -3.90. The molecule has 5 nitrogen and oxygen atoms in total. The second-order valence-corrected chi connectivity index (χ2v) is 6.73. The molecule has 1 atom stereocenters. The number of carbonyl (C=O) groups is 1. The van der Waals surface area contributed by atoms with E-state index in [1.54, 1.807) is 6.92 Å². The minimum absolute atomic E-state index is 0.140. The fraction of sp³-hybridized carbons (Fsp3) is 0.500. The smallest absolute Gasteiger partial charge is 0.324 e. The normalized spacial score (nSPS) is 20.2. The topological polar surface area (TPSA) is 63.7 Å². The number of esters is 1. The fourth-order valence-corrected chi connectivity index (χ4v) is 4.11. The molecule has 0 spiro atoms. The number of nitrogens with zero attached hydrogens (tertiary/aromatic N) is 1. The van der Waals surface area contributed by atoms with E-state index in [1.807, 2.05) is 0 Å². The van der Waals surface area contributed by atoms with Crippen LogP contribution in [0, 0.1) is 5.82 Å². The van der Waals surface area contributed by atoms with Crippen molar-refractivity contribution in [1.82, 2.24) is 4.31 Å². The van der Waals surface area contributed by atoms with Gasteiger partial charge in [-0.3, -0.25) is 4.79 Å². The Morgan fingerprint density at radius 2 is 2.19 bits per heavy atom. The zero-order chi connectivity index (χ0) is 15.5. The first-order chi connectivity index (χ1) is 9.96. The van der Waals surface area contributed by atoms with Crippen LogP contribution in [0.25, 0.3) is 0 Å². The Bertz CT molecular complexity index is 617. The van der Waals surface area contributed by atoms with Crippen molar-refractivity contribution in [3.05, 3.63) is 30.1 Å². The van der Waals surface area contributed by atoms with Crippen molar-refractivity contribution in [2.75, 3.05) is 13.2 Å². The zero-order valence-electron chi connectivity index (χ0n) is 11.8. The fourth-order valence-electron chi connectivity index (χ4n) is 2.43. The van der Waals surface area contributed by atoms with E-state index in [4.69, 9.17) is 4.74 Å². The molecule has 0 saturated carbocycles. The number of hydrogen-bond acceptors (Lipinski definition) is 4. The van der Waals surface area contributed by atoms with Crippen LogP contribution >= 0.6 is 0 Å². The predicted octanol–water partition coefficient (Wildman–Crippen LogP) is 1.93. The summed E-state index contributed by atoms with van der Waals surface area (Å²) in [6.45, 7) is 2.11. The molecule has 0 aromatic heterocycles. The number of ether oxygens (including phenoxy) is 1. The molecule has 0 aliphatic carbocycles. The highest BCUT2D eigenvalue weighted by molar-refractivity contribution is 7.89. The van der Waals surface area contributed by atoms with Crippen LogP contribution in [-0.2, 0) is 19.6 Å². The molecule has 1 aromatic rings. The third-order valence-electron chi connectivity index (χ3n) is 3.42. The summed E-state index contributed by atoms with van der Waals surface area (Å²) in [5.41, 5.74) is 0. The van der Waals surface area contributed by atoms with Gasteiger partial charge in [-0.05, 0) is 44.4 Å². The maximum Gasteiger partial charge on any atom is 0.324 e. The second kappa shape index (κ2) is 6.53. The molecule has 0 amide bonds. The molecule has 1 heterocycles. The van der Waals surface area contributed by atoms with Crippen LogP contribution in [0.5, 0.6) is 0 Å². The molecule has 1 fully saturated rings. The van der Waals surface area contributed by atoms with Gasteiger partial charge in [0.2, 0.25) is 10.0 Å². The van der Waals surface area contributed by atoms with Gasteiger partial charge in [0.25, 0.3) is 0 Å². The molecule has 1 aliphatic rings. The van der Waals surface area contributed by atoms with Crippen LogP contribution in [0.1, 0.15) is 26.2 Å². The van der Waals surface area contributed by atoms with Crippen LogP contribution in [0.2, 0.25) is 0 Å². The Kier molecular flexibility index (Phi) is 4.95. The standard InChI is InChI=1S/C14H18FNO4S/c1-2-20-14(17)13-8-3-4-9-16(13)21(18,19)12-7-5-6-11(15)10-12/h5-7,10,13H,2-4,8-9H2,1H3. The summed E-state index contributed by atoms with van der Waals surface area (Å²) >= 11 is 0. The van der Waals surface area contributed by atoms with Gasteiger partial charge in [-0.15, -0.1) is 0 Å². The molecule has 0 radical (unpaired) electrons. The number of carbonyl (C=O) groups excluding carboxylic acids is 1. The molecular weight excluding hydrogens is 297 g/mol. The Labute approximate surface area is 123 Å². The first-order valence-electron chi connectivity index (χ1n) is 6.91. The van der Waals surface area contributed by atoms with Crippen molar-refractivity contribution in [1.29, 1.82) is 0 Å². The predicted molar refractivity (Wildman–Crippen MR) is 74.6 cm³/mol. The maximum absolute atomic E-state index is 13.3. The lowest BCUT2D eigenvalue weighted by Crippen LogP contribution is -2.48. The van der Waals surface area contributed by atoms with E-state index < -0.39 is 27.9 Å². The Hall–Kier alpha value is -1.47. The van der Waals surface area contributed by atoms with E-state index in [0.29, 0.717) is 12.8 Å². The molecule has 21 heavy (non-hydrogen) atoms. The van der Waals surface area contributed by atoms with Gasteiger partial charge in [-0.2, -0.15) is 4.31 Å². The van der Waals surface area contributed by atoms with E-state index in [9.17, 15) is 17.6 Å². The summed E-state index contributed by atoms with van der Waals surface area (Å²) in [5.74, 6) is -1.17. The maximum atomic E-state index is 13.3. The highest BCUT2D eigenvalue weighted by Crippen LogP contribution is 2.26. The van der Waals surface area contributed by atoms with E-state index in [2.05, 4.69) is 0 Å². The molecule has 1 aromatic carbocycles. The van der Waals surface area contributed by atoms with E-state index in [0.717, 1.165) is 16.8 Å². The molecule has 1 saturated heterocycles. The highest BCUT2D eigenvalue weighted by Gasteiger charge is 2.38. The number of sulfonamides is 1. The molecular formula is C14H18FNO4S. The molecule has 1 unspecified atom stereocenters. The van der Waals surface area contributed by atoms with Crippen molar-refractivity contribution in [3.63, 3.8) is 0 Å². The monoisotopic (exact) mass is 315 g/mol. The summed E-state index contributed by atoms with van der Waals surface area (Å²) < 4.78 is 44.6. The lowest BCUT2D eigenvalue weighted by molar-refractivity contribution is -0.148. The van der Waals surface area contributed by atoms with Gasteiger partial charge in [0.1, 0.15) is 11.9 Å². The van der Waals surface area contributed by atoms with Crippen molar-refractivity contribution in [2.24, 2.45) is 0 Å². The summed E-state index contributed by atoms with van der Waals surface area (Å²) in [7, 11) is -3.90. The molecule has 0 N–H and O–H groups in total. The lowest BCUT2D eigenvalue weighted by atomic mass is 10.1. The highest BCUT2D eigenvalue weighted by atomic mass is 32.2. The van der Waals surface area contributed by atoms with Gasteiger partial charge >= 0.3 is 5.97 Å². The SMILES string of the molecule is CCOC(=O)C1CCCCN1S(=O)(=O)c1cccc(F)c1. The number of rotatable bonds is 4. The van der Waals surface area contributed by atoms with Crippen LogP contribution in [-0.4, -0.2) is 37.9 Å². The average Bonchev–Trinajstić information content (AvgIpc) is 2.47. The van der Waals surface area contributed by atoms with E-state index in [1.165, 1.54) is 18.2 Å². The Balaban J connectivity index is 2.34. The number of hydrogen-bond donors (Lipinski definition) is 0. The van der Waals surface area contributed by atoms with Crippen LogP contribution in [0.15, 0.2) is 29.2 Å². The van der Waals surface area contributed by atoms with Crippen molar-refractivity contribution >= 4 is 16.0 Å². The summed E-state index contributed by atoms with van der Waals surface area (Å²) in [6, 6.07) is 3.98. The Morgan fingerprint density at radius 3 is 2.86 bits per heavy atom. The number of piperidine rings is 1. The first-order valence-corrected chi connectivity index (χ1v) is 8.35. The van der Waals surface area contributed by atoms with Crippen molar-refractivity contribution in [3.8, 4) is 0 Å². The number of halogens is 1. The summed E-state index contributed by atoms with van der Waals surface area (Å²) in [4.78, 5) is 11.8. The van der Waals surface area contributed by atoms with Gasteiger partial charge in [-0.1, -0.05) is 6.07 Å². The quantitative estimate of drug-likeness (QED) is 0.797. The third-order valence-corrected chi connectivity index (χ3v) is 5.32. The Morgan fingerprint density at radius 1 is 1.43 bits per heavy atom. The summed E-state index contributed by atoms with van der Waals surface area (Å²) in [5, 5.41) is 0. The summed E-state index contributed by atoms with van der Waals surface area (Å²) in [6.07, 6.45) is 1.86. The van der Waals surface area contributed by atoms with Gasteiger partial charge in [0, 0.05) is 6.54 Å². The molecule has 2 rings (SSSR count). The van der Waals surface area contributed by atoms with E-state index >= 15 is 0 Å². The largest absolute Gasteiger partial charge is 0.465 e. The second-order valence-electron chi connectivity index (χ2n) is 4.84. The molecule has 1 aliphatic heterocycles. The van der Waals surface area contributed by atoms with Crippen molar-refractivity contribution in [2.45, 2.75) is 37.1 Å². The average molecular weight is 315 g/mol. The van der Waals surface area contributed by atoms with Crippen LogP contribution in [0.4, 0.5) is 4.39 Å². The van der Waals surface area contributed by atoms with Gasteiger partial charge < -0.3 is 4.74 Å². The van der Waals surface area contributed by atoms with Crippen LogP contribution in [0.3, 0.4) is 0 Å². The minimum Gasteiger partial charge on any atom is -0.465 e. The molecule has 7 heteroatoms. The first kappa shape index (κ1) is 15.9. The van der Waals surface area contributed by atoms with Crippen LogP contribution < -0.4 is 0 Å². The van der Waals surface area contributed by atoms with Gasteiger partial charge in [-0.25, -0.2) is 12.8 Å². The van der Waals surface area contributed by atoms with E-state index in [-0.39, 0.29) is 18.0 Å². The molecule has 116 valence electrons. The lowest BCUT2D eigenvalue weighted by Gasteiger charge is -2.32.